The highest BCUT2D eigenvalue weighted by Gasteiger charge is 2.21. The highest BCUT2D eigenvalue weighted by molar-refractivity contribution is 5.88. The summed E-state index contributed by atoms with van der Waals surface area (Å²) in [5.41, 5.74) is 1.04. The SMILES string of the molecule is O=C(O)c1nc2ccc(F)cn2c1CN1CCCCCC1. The van der Waals surface area contributed by atoms with Crippen molar-refractivity contribution < 1.29 is 14.3 Å². The van der Waals surface area contributed by atoms with Crippen LogP contribution in [0.2, 0.25) is 0 Å². The molecule has 5 nitrogen and oxygen atoms in total. The Labute approximate surface area is 122 Å². The van der Waals surface area contributed by atoms with Crippen molar-refractivity contribution in [3.05, 3.63) is 35.5 Å². The minimum atomic E-state index is -1.07. The normalized spacial score (nSPS) is 17.0. The maximum Gasteiger partial charge on any atom is 0.356 e. The molecule has 2 aromatic rings. The third-order valence-electron chi connectivity index (χ3n) is 3.96. The fraction of sp³-hybridized carbons (Fsp3) is 0.467. The van der Waals surface area contributed by atoms with Gasteiger partial charge in [-0.15, -0.1) is 0 Å². The number of nitrogens with zero attached hydrogens (tertiary/aromatic N) is 3. The van der Waals surface area contributed by atoms with Crippen LogP contribution in [0.15, 0.2) is 18.3 Å². The van der Waals surface area contributed by atoms with E-state index in [1.54, 1.807) is 4.40 Å². The lowest BCUT2D eigenvalue weighted by molar-refractivity contribution is 0.0688. The number of likely N-dealkylation sites (tertiary alicyclic amines) is 1. The summed E-state index contributed by atoms with van der Waals surface area (Å²) in [5.74, 6) is -1.46. The molecule has 0 unspecified atom stereocenters. The second-order valence-electron chi connectivity index (χ2n) is 5.48. The van der Waals surface area contributed by atoms with Gasteiger partial charge >= 0.3 is 5.97 Å². The number of halogens is 1. The highest BCUT2D eigenvalue weighted by atomic mass is 19.1. The summed E-state index contributed by atoms with van der Waals surface area (Å²) in [6.45, 7) is 2.38. The Bertz CT molecular complexity index is 660. The largest absolute Gasteiger partial charge is 0.476 e. The van der Waals surface area contributed by atoms with Crippen molar-refractivity contribution in [3.63, 3.8) is 0 Å². The zero-order chi connectivity index (χ0) is 14.8. The Morgan fingerprint density at radius 3 is 2.62 bits per heavy atom. The molecule has 0 radical (unpaired) electrons. The Kier molecular flexibility index (Phi) is 3.88. The molecule has 1 aliphatic heterocycles. The first-order valence-electron chi connectivity index (χ1n) is 7.27. The summed E-state index contributed by atoms with van der Waals surface area (Å²) in [4.78, 5) is 17.7. The van der Waals surface area contributed by atoms with E-state index in [-0.39, 0.29) is 5.69 Å². The van der Waals surface area contributed by atoms with Crippen LogP contribution in [-0.4, -0.2) is 38.4 Å². The summed E-state index contributed by atoms with van der Waals surface area (Å²) in [7, 11) is 0. The number of rotatable bonds is 3. The van der Waals surface area contributed by atoms with E-state index in [4.69, 9.17) is 0 Å². The van der Waals surface area contributed by atoms with E-state index in [1.807, 2.05) is 0 Å². The molecule has 0 aromatic carbocycles. The molecule has 0 spiro atoms. The fourth-order valence-corrected chi connectivity index (χ4v) is 2.90. The fourth-order valence-electron chi connectivity index (χ4n) is 2.90. The van der Waals surface area contributed by atoms with E-state index < -0.39 is 11.8 Å². The van der Waals surface area contributed by atoms with Crippen LogP contribution in [-0.2, 0) is 6.54 Å². The molecule has 112 valence electrons. The van der Waals surface area contributed by atoms with Gasteiger partial charge in [-0.2, -0.15) is 0 Å². The van der Waals surface area contributed by atoms with Gasteiger partial charge in [0.25, 0.3) is 0 Å². The summed E-state index contributed by atoms with van der Waals surface area (Å²) in [6, 6.07) is 2.80. The molecule has 0 bridgehead atoms. The van der Waals surface area contributed by atoms with Gasteiger partial charge in [-0.25, -0.2) is 14.2 Å². The van der Waals surface area contributed by atoms with E-state index in [0.29, 0.717) is 17.9 Å². The number of hydrogen-bond donors (Lipinski definition) is 1. The number of aromatic nitrogens is 2. The topological polar surface area (TPSA) is 57.8 Å². The highest BCUT2D eigenvalue weighted by Crippen LogP contribution is 2.18. The Morgan fingerprint density at radius 2 is 1.95 bits per heavy atom. The van der Waals surface area contributed by atoms with Gasteiger partial charge in [-0.1, -0.05) is 12.8 Å². The van der Waals surface area contributed by atoms with Crippen LogP contribution in [0.3, 0.4) is 0 Å². The van der Waals surface area contributed by atoms with Gasteiger partial charge in [0.2, 0.25) is 0 Å². The molecule has 6 heteroatoms. The van der Waals surface area contributed by atoms with Crippen LogP contribution in [0.5, 0.6) is 0 Å². The van der Waals surface area contributed by atoms with Gasteiger partial charge < -0.3 is 5.11 Å². The van der Waals surface area contributed by atoms with Crippen molar-refractivity contribution in [2.45, 2.75) is 32.2 Å². The van der Waals surface area contributed by atoms with E-state index >= 15 is 0 Å². The van der Waals surface area contributed by atoms with E-state index in [9.17, 15) is 14.3 Å². The van der Waals surface area contributed by atoms with Crippen molar-refractivity contribution in [2.24, 2.45) is 0 Å². The van der Waals surface area contributed by atoms with Crippen LogP contribution in [0, 0.1) is 5.82 Å². The predicted octanol–water partition coefficient (Wildman–Crippen LogP) is 2.55. The molecule has 0 atom stereocenters. The molecule has 0 aliphatic carbocycles. The molecule has 2 aromatic heterocycles. The summed E-state index contributed by atoms with van der Waals surface area (Å²) in [5, 5.41) is 9.33. The quantitative estimate of drug-likeness (QED) is 0.944. The van der Waals surface area contributed by atoms with Crippen LogP contribution in [0.1, 0.15) is 41.9 Å². The summed E-state index contributed by atoms with van der Waals surface area (Å²) in [6.07, 6.45) is 5.97. The van der Waals surface area contributed by atoms with Gasteiger partial charge in [-0.3, -0.25) is 9.30 Å². The molecule has 3 rings (SSSR count). The van der Waals surface area contributed by atoms with Crippen LogP contribution >= 0.6 is 0 Å². The molecule has 0 amide bonds. The number of carbonyl (C=O) groups is 1. The first-order chi connectivity index (χ1) is 10.1. The summed E-state index contributed by atoms with van der Waals surface area (Å²) < 4.78 is 15.0. The molecule has 1 saturated heterocycles. The Morgan fingerprint density at radius 1 is 1.24 bits per heavy atom. The Balaban J connectivity index is 1.99. The smallest absolute Gasteiger partial charge is 0.356 e. The number of carboxylic acid groups (broad SMARTS) is 1. The molecular weight excluding hydrogens is 273 g/mol. The lowest BCUT2D eigenvalue weighted by atomic mass is 10.2. The third-order valence-corrected chi connectivity index (χ3v) is 3.96. The lowest BCUT2D eigenvalue weighted by Gasteiger charge is -2.19. The Hall–Kier alpha value is -1.95. The van der Waals surface area contributed by atoms with Crippen LogP contribution in [0.4, 0.5) is 4.39 Å². The first-order valence-corrected chi connectivity index (χ1v) is 7.27. The lowest BCUT2D eigenvalue weighted by Crippen LogP contribution is -2.25. The monoisotopic (exact) mass is 291 g/mol. The summed E-state index contributed by atoms with van der Waals surface area (Å²) >= 11 is 0. The van der Waals surface area contributed by atoms with Crippen molar-refractivity contribution in [3.8, 4) is 0 Å². The maximum absolute atomic E-state index is 13.5. The predicted molar refractivity (Wildman–Crippen MR) is 75.9 cm³/mol. The van der Waals surface area contributed by atoms with Gasteiger partial charge in [0.1, 0.15) is 11.5 Å². The number of imidazole rings is 1. The van der Waals surface area contributed by atoms with Crippen molar-refractivity contribution >= 4 is 11.6 Å². The minimum Gasteiger partial charge on any atom is -0.476 e. The molecule has 1 fully saturated rings. The zero-order valence-corrected chi connectivity index (χ0v) is 11.8. The van der Waals surface area contributed by atoms with Crippen LogP contribution in [0.25, 0.3) is 5.65 Å². The van der Waals surface area contributed by atoms with Crippen molar-refractivity contribution in [1.82, 2.24) is 14.3 Å². The first kappa shape index (κ1) is 14.0. The number of fused-ring (bicyclic) bond motifs is 1. The van der Waals surface area contributed by atoms with Gasteiger partial charge in [0.15, 0.2) is 5.69 Å². The minimum absolute atomic E-state index is 0.0184. The molecular formula is C15H18FN3O2. The average Bonchev–Trinajstić information content (AvgIpc) is 2.63. The van der Waals surface area contributed by atoms with Gasteiger partial charge in [0.05, 0.1) is 5.69 Å². The molecule has 0 saturated carbocycles. The number of carboxylic acids is 1. The van der Waals surface area contributed by atoms with Gasteiger partial charge in [-0.05, 0) is 38.1 Å². The molecule has 1 aliphatic rings. The number of pyridine rings is 1. The average molecular weight is 291 g/mol. The second-order valence-corrected chi connectivity index (χ2v) is 5.48. The standard InChI is InChI=1S/C15H18FN3O2/c16-11-5-6-13-17-14(15(20)21)12(19(13)9-11)10-18-7-3-1-2-4-8-18/h5-6,9H,1-4,7-8,10H2,(H,20,21). The third kappa shape index (κ3) is 2.90. The van der Waals surface area contributed by atoms with Gasteiger partial charge in [0, 0.05) is 12.7 Å². The van der Waals surface area contributed by atoms with Crippen LogP contribution < -0.4 is 0 Å². The zero-order valence-electron chi connectivity index (χ0n) is 11.8. The molecule has 1 N–H and O–H groups in total. The maximum atomic E-state index is 13.5. The molecule has 21 heavy (non-hydrogen) atoms. The van der Waals surface area contributed by atoms with Crippen molar-refractivity contribution in [2.75, 3.05) is 13.1 Å². The van der Waals surface area contributed by atoms with E-state index in [2.05, 4.69) is 9.88 Å². The number of hydrogen-bond acceptors (Lipinski definition) is 3. The van der Waals surface area contributed by atoms with Crippen molar-refractivity contribution in [1.29, 1.82) is 0 Å². The second kappa shape index (κ2) is 5.81. The van der Waals surface area contributed by atoms with E-state index in [0.717, 1.165) is 25.9 Å². The molecule has 3 heterocycles. The van der Waals surface area contributed by atoms with E-state index in [1.165, 1.54) is 31.2 Å². The number of aromatic carboxylic acids is 1.